The summed E-state index contributed by atoms with van der Waals surface area (Å²) in [4.78, 5) is 37.3. The minimum Gasteiger partial charge on any atom is -0.465 e. The van der Waals surface area contributed by atoms with Crippen molar-refractivity contribution in [3.8, 4) is 0 Å². The van der Waals surface area contributed by atoms with E-state index in [1.807, 2.05) is 0 Å². The summed E-state index contributed by atoms with van der Waals surface area (Å²) in [5, 5.41) is 6.10. The Morgan fingerprint density at radius 2 is 1.89 bits per heavy atom. The first-order chi connectivity index (χ1) is 13.0. The summed E-state index contributed by atoms with van der Waals surface area (Å²) in [5.41, 5.74) is 0.768. The fourth-order valence-corrected chi connectivity index (χ4v) is 2.96. The van der Waals surface area contributed by atoms with Crippen molar-refractivity contribution in [2.24, 2.45) is 0 Å². The fourth-order valence-electron chi connectivity index (χ4n) is 2.96. The molecule has 0 unspecified atom stereocenters. The van der Waals surface area contributed by atoms with Crippen LogP contribution in [0.1, 0.15) is 36.5 Å². The third kappa shape index (κ3) is 6.25. The highest BCUT2D eigenvalue weighted by molar-refractivity contribution is 6.01. The molecule has 2 rings (SSSR count). The topological polar surface area (TPSA) is 97.0 Å². The molecule has 0 aliphatic carbocycles. The maximum atomic E-state index is 12.2. The van der Waals surface area contributed by atoms with Gasteiger partial charge in [0.2, 0.25) is 5.91 Å². The predicted molar refractivity (Wildman–Crippen MR) is 101 cm³/mol. The lowest BCUT2D eigenvalue weighted by Gasteiger charge is -2.31. The van der Waals surface area contributed by atoms with E-state index >= 15 is 0 Å². The molecule has 8 heteroatoms. The Labute approximate surface area is 159 Å². The number of carbonyl (C=O) groups excluding carboxylic acids is 3. The number of amides is 2. The first-order valence-corrected chi connectivity index (χ1v) is 9.17. The average Bonchev–Trinajstić information content (AvgIpc) is 2.68. The molecule has 8 nitrogen and oxygen atoms in total. The van der Waals surface area contributed by atoms with Crippen molar-refractivity contribution in [3.05, 3.63) is 29.8 Å². The summed E-state index contributed by atoms with van der Waals surface area (Å²) in [6.45, 7) is 3.99. The summed E-state index contributed by atoms with van der Waals surface area (Å²) in [5.74, 6) is -0.666. The molecule has 1 aliphatic heterocycles. The third-order valence-corrected chi connectivity index (χ3v) is 4.41. The maximum absolute atomic E-state index is 12.2. The molecule has 1 aromatic rings. The molecule has 0 spiro atoms. The molecular formula is C19H27N3O5. The van der Waals surface area contributed by atoms with Crippen molar-refractivity contribution in [1.82, 2.24) is 10.2 Å². The van der Waals surface area contributed by atoms with Crippen LogP contribution in [0.3, 0.4) is 0 Å². The van der Waals surface area contributed by atoms with Gasteiger partial charge in [-0.1, -0.05) is 12.1 Å². The first kappa shape index (κ1) is 20.7. The average molecular weight is 377 g/mol. The number of benzene rings is 1. The van der Waals surface area contributed by atoms with E-state index in [0.29, 0.717) is 37.5 Å². The van der Waals surface area contributed by atoms with Crippen LogP contribution in [0, 0.1) is 0 Å². The number of likely N-dealkylation sites (tertiary alicyclic amines) is 1. The number of hydrogen-bond donors (Lipinski definition) is 2. The quantitative estimate of drug-likeness (QED) is 0.706. The van der Waals surface area contributed by atoms with Crippen LogP contribution in [0.2, 0.25) is 0 Å². The van der Waals surface area contributed by atoms with E-state index in [2.05, 4.69) is 10.6 Å². The minimum atomic E-state index is -0.489. The minimum absolute atomic E-state index is 0.178. The standard InChI is InChI=1S/C19H27N3O5/c1-3-27-19(25)22-12-9-14(10-13-22)20-11-8-17(23)21-16-7-5-4-6-15(16)18(24)26-2/h4-7,14,20H,3,8-13H2,1-2H3,(H,21,23). The van der Waals surface area contributed by atoms with E-state index in [-0.39, 0.29) is 24.5 Å². The number of esters is 1. The summed E-state index contributed by atoms with van der Waals surface area (Å²) in [6.07, 6.45) is 1.67. The summed E-state index contributed by atoms with van der Waals surface area (Å²) >= 11 is 0. The van der Waals surface area contributed by atoms with Gasteiger partial charge in [0, 0.05) is 32.1 Å². The number of piperidine rings is 1. The molecule has 2 N–H and O–H groups in total. The van der Waals surface area contributed by atoms with Crippen LogP contribution in [-0.4, -0.2) is 62.3 Å². The smallest absolute Gasteiger partial charge is 0.409 e. The second-order valence-corrected chi connectivity index (χ2v) is 6.25. The van der Waals surface area contributed by atoms with Gasteiger partial charge in [-0.2, -0.15) is 0 Å². The molecule has 0 atom stereocenters. The van der Waals surface area contributed by atoms with Gasteiger partial charge in [0.15, 0.2) is 0 Å². The SMILES string of the molecule is CCOC(=O)N1CCC(NCCC(=O)Nc2ccccc2C(=O)OC)CC1. The number of nitrogens with one attached hydrogen (secondary N) is 2. The Morgan fingerprint density at radius 3 is 2.56 bits per heavy atom. The van der Waals surface area contributed by atoms with Gasteiger partial charge in [0.25, 0.3) is 0 Å². The molecular weight excluding hydrogens is 350 g/mol. The molecule has 2 amide bonds. The normalized spacial score (nSPS) is 14.5. The molecule has 0 aromatic heterocycles. The highest BCUT2D eigenvalue weighted by atomic mass is 16.6. The second kappa shape index (κ2) is 10.5. The fraction of sp³-hybridized carbons (Fsp3) is 0.526. The highest BCUT2D eigenvalue weighted by Crippen LogP contribution is 2.16. The van der Waals surface area contributed by atoms with E-state index < -0.39 is 5.97 Å². The van der Waals surface area contributed by atoms with Gasteiger partial charge in [0.1, 0.15) is 0 Å². The first-order valence-electron chi connectivity index (χ1n) is 9.17. The number of methoxy groups -OCH3 is 1. The molecule has 148 valence electrons. The second-order valence-electron chi connectivity index (χ2n) is 6.25. The van der Waals surface area contributed by atoms with Crippen molar-refractivity contribution >= 4 is 23.7 Å². The lowest BCUT2D eigenvalue weighted by atomic mass is 10.1. The van der Waals surface area contributed by atoms with E-state index in [9.17, 15) is 14.4 Å². The van der Waals surface area contributed by atoms with Crippen molar-refractivity contribution in [3.63, 3.8) is 0 Å². The van der Waals surface area contributed by atoms with E-state index in [0.717, 1.165) is 12.8 Å². The number of anilines is 1. The summed E-state index contributed by atoms with van der Waals surface area (Å²) in [7, 11) is 1.30. The Hall–Kier alpha value is -2.61. The highest BCUT2D eigenvalue weighted by Gasteiger charge is 2.23. The summed E-state index contributed by atoms with van der Waals surface area (Å²) in [6, 6.07) is 7.01. The lowest BCUT2D eigenvalue weighted by molar-refractivity contribution is -0.116. The monoisotopic (exact) mass is 377 g/mol. The Balaban J connectivity index is 1.72. The number of ether oxygens (including phenoxy) is 2. The van der Waals surface area contributed by atoms with Crippen LogP contribution < -0.4 is 10.6 Å². The van der Waals surface area contributed by atoms with E-state index in [1.165, 1.54) is 7.11 Å². The zero-order chi connectivity index (χ0) is 19.6. The van der Waals surface area contributed by atoms with Crippen molar-refractivity contribution < 1.29 is 23.9 Å². The molecule has 1 aromatic carbocycles. The van der Waals surface area contributed by atoms with Gasteiger partial charge in [-0.3, -0.25) is 4.79 Å². The molecule has 27 heavy (non-hydrogen) atoms. The van der Waals surface area contributed by atoms with Crippen LogP contribution in [0.5, 0.6) is 0 Å². The van der Waals surface area contributed by atoms with E-state index in [4.69, 9.17) is 9.47 Å². The van der Waals surface area contributed by atoms with Crippen molar-refractivity contribution in [1.29, 1.82) is 0 Å². The molecule has 0 radical (unpaired) electrons. The van der Waals surface area contributed by atoms with Crippen molar-refractivity contribution in [2.75, 3.05) is 38.7 Å². The number of para-hydroxylation sites is 1. The van der Waals surface area contributed by atoms with Gasteiger partial charge in [-0.05, 0) is 31.9 Å². The Morgan fingerprint density at radius 1 is 1.19 bits per heavy atom. The number of nitrogens with zero attached hydrogens (tertiary/aromatic N) is 1. The number of rotatable bonds is 7. The lowest BCUT2D eigenvalue weighted by Crippen LogP contribution is -2.45. The molecule has 1 heterocycles. The number of carbonyl (C=O) groups is 3. The van der Waals surface area contributed by atoms with Gasteiger partial charge >= 0.3 is 12.1 Å². The van der Waals surface area contributed by atoms with Crippen molar-refractivity contribution in [2.45, 2.75) is 32.2 Å². The number of hydrogen-bond acceptors (Lipinski definition) is 6. The zero-order valence-corrected chi connectivity index (χ0v) is 15.8. The van der Waals surface area contributed by atoms with Crippen LogP contribution in [0.15, 0.2) is 24.3 Å². The third-order valence-electron chi connectivity index (χ3n) is 4.41. The van der Waals surface area contributed by atoms with Gasteiger partial charge in [-0.25, -0.2) is 9.59 Å². The van der Waals surface area contributed by atoms with E-state index in [1.54, 1.807) is 36.1 Å². The van der Waals surface area contributed by atoms with Gasteiger partial charge in [0.05, 0.1) is 25.0 Å². The molecule has 1 fully saturated rings. The summed E-state index contributed by atoms with van der Waals surface area (Å²) < 4.78 is 9.72. The predicted octanol–water partition coefficient (Wildman–Crippen LogP) is 2.01. The Bertz CT molecular complexity index is 657. The van der Waals surface area contributed by atoms with Gasteiger partial charge in [-0.15, -0.1) is 0 Å². The van der Waals surface area contributed by atoms with Crippen LogP contribution in [0.4, 0.5) is 10.5 Å². The maximum Gasteiger partial charge on any atom is 0.409 e. The van der Waals surface area contributed by atoms with Crippen LogP contribution in [0.25, 0.3) is 0 Å². The van der Waals surface area contributed by atoms with Gasteiger partial charge < -0.3 is 25.0 Å². The zero-order valence-electron chi connectivity index (χ0n) is 15.8. The Kier molecular flexibility index (Phi) is 8.06. The van der Waals surface area contributed by atoms with Crippen LogP contribution in [-0.2, 0) is 14.3 Å². The molecule has 0 bridgehead atoms. The molecule has 0 saturated carbocycles. The molecule has 1 saturated heterocycles. The largest absolute Gasteiger partial charge is 0.465 e. The molecule has 1 aliphatic rings. The van der Waals surface area contributed by atoms with Crippen LogP contribution >= 0.6 is 0 Å².